The summed E-state index contributed by atoms with van der Waals surface area (Å²) in [6.07, 6.45) is 44.1. The minimum atomic E-state index is -4.28. The normalized spacial score (nSPS) is 13.3. The zero-order valence-corrected chi connectivity index (χ0v) is 36.5. The van der Waals surface area contributed by atoms with Gasteiger partial charge in [-0.2, -0.15) is 0 Å². The molecule has 0 aromatic carbocycles. The van der Waals surface area contributed by atoms with Crippen LogP contribution in [0.15, 0.2) is 12.2 Å². The number of phosphoric ester groups is 1. The van der Waals surface area contributed by atoms with Crippen LogP contribution in [0.2, 0.25) is 0 Å². The largest absolute Gasteiger partial charge is 0.472 e. The molecule has 0 saturated heterocycles. The summed E-state index contributed by atoms with van der Waals surface area (Å²) in [6.45, 7) is 5.50. The maximum atomic E-state index is 12.6. The number of rotatable bonds is 43. The van der Waals surface area contributed by atoms with Gasteiger partial charge in [0.2, 0.25) is 0 Å². The lowest BCUT2D eigenvalue weighted by Crippen LogP contribution is -2.29. The first kappa shape index (κ1) is 52.8. The molecule has 0 aromatic rings. The molecule has 0 spiro atoms. The Morgan fingerprint density at radius 3 is 1.22 bits per heavy atom. The van der Waals surface area contributed by atoms with Crippen LogP contribution in [0.3, 0.4) is 0 Å². The van der Waals surface area contributed by atoms with E-state index in [-0.39, 0.29) is 25.6 Å². The number of ether oxygens (including phenoxy) is 2. The summed E-state index contributed by atoms with van der Waals surface area (Å²) < 4.78 is 32.7. The quantitative estimate of drug-likeness (QED) is 0.0282. The van der Waals surface area contributed by atoms with E-state index in [0.717, 1.165) is 51.4 Å². The minimum Gasteiger partial charge on any atom is -0.462 e. The van der Waals surface area contributed by atoms with Crippen molar-refractivity contribution in [1.82, 2.24) is 0 Å². The monoisotopic (exact) mass is 787 g/mol. The third-order valence-electron chi connectivity index (χ3n) is 10.1. The summed E-state index contributed by atoms with van der Waals surface area (Å²) in [7, 11) is -4.28. The standard InChI is InChI=1S/C45H87O8P/c1-4-7-9-11-13-15-17-19-21-22-23-24-26-27-29-31-33-35-37-39-44(46)50-41-43(42-52-54(48,49)51-6-3)53-45(47)40-38-36-34-32-30-28-25-20-18-16-14-12-10-8-5-2/h20,25,43H,4-19,21-24,26-42H2,1-3H3,(H,48,49)/b25-20-. The van der Waals surface area contributed by atoms with Gasteiger partial charge in [0.1, 0.15) is 6.61 Å². The van der Waals surface area contributed by atoms with Crippen molar-refractivity contribution in [2.45, 2.75) is 245 Å². The Balaban J connectivity index is 4.00. The van der Waals surface area contributed by atoms with Gasteiger partial charge in [-0.1, -0.05) is 193 Å². The van der Waals surface area contributed by atoms with E-state index in [1.165, 1.54) is 148 Å². The number of phosphoric acid groups is 1. The van der Waals surface area contributed by atoms with E-state index in [1.807, 2.05) is 0 Å². The Labute approximate surface area is 333 Å². The van der Waals surface area contributed by atoms with Crippen molar-refractivity contribution >= 4 is 19.8 Å². The van der Waals surface area contributed by atoms with Gasteiger partial charge < -0.3 is 14.4 Å². The van der Waals surface area contributed by atoms with E-state index in [1.54, 1.807) is 6.92 Å². The lowest BCUT2D eigenvalue weighted by Gasteiger charge is -2.19. The molecular formula is C45H87O8P. The Morgan fingerprint density at radius 1 is 0.481 bits per heavy atom. The number of hydrogen-bond donors (Lipinski definition) is 1. The van der Waals surface area contributed by atoms with Crippen molar-refractivity contribution in [1.29, 1.82) is 0 Å². The first-order valence-corrected chi connectivity index (χ1v) is 24.5. The van der Waals surface area contributed by atoms with E-state index in [4.69, 9.17) is 18.5 Å². The van der Waals surface area contributed by atoms with Crippen LogP contribution in [-0.4, -0.2) is 42.8 Å². The molecule has 320 valence electrons. The number of allylic oxidation sites excluding steroid dienone is 2. The summed E-state index contributed by atoms with van der Waals surface area (Å²) in [5, 5.41) is 0. The van der Waals surface area contributed by atoms with Gasteiger partial charge in [-0.05, 0) is 45.4 Å². The van der Waals surface area contributed by atoms with Gasteiger partial charge in [-0.3, -0.25) is 18.6 Å². The third kappa shape index (κ3) is 40.5. The van der Waals surface area contributed by atoms with Crippen LogP contribution >= 0.6 is 7.82 Å². The van der Waals surface area contributed by atoms with Crippen LogP contribution in [0.4, 0.5) is 0 Å². The van der Waals surface area contributed by atoms with Crippen molar-refractivity contribution < 1.29 is 37.6 Å². The third-order valence-corrected chi connectivity index (χ3v) is 11.1. The average molecular weight is 787 g/mol. The van der Waals surface area contributed by atoms with E-state index < -0.39 is 26.5 Å². The smallest absolute Gasteiger partial charge is 0.462 e. The molecule has 0 bridgehead atoms. The van der Waals surface area contributed by atoms with Gasteiger partial charge in [0.05, 0.1) is 13.2 Å². The number of carbonyl (C=O) groups excluding carboxylic acids is 2. The van der Waals surface area contributed by atoms with Gasteiger partial charge in [0.25, 0.3) is 0 Å². The highest BCUT2D eigenvalue weighted by atomic mass is 31.2. The van der Waals surface area contributed by atoms with Crippen molar-refractivity contribution in [3.05, 3.63) is 12.2 Å². The molecule has 0 aliphatic heterocycles. The zero-order valence-electron chi connectivity index (χ0n) is 35.6. The molecule has 0 rings (SSSR count). The minimum absolute atomic E-state index is 0.00212. The van der Waals surface area contributed by atoms with Crippen LogP contribution in [0.5, 0.6) is 0 Å². The second kappa shape index (κ2) is 41.4. The van der Waals surface area contributed by atoms with Gasteiger partial charge in [-0.15, -0.1) is 0 Å². The van der Waals surface area contributed by atoms with Gasteiger partial charge >= 0.3 is 19.8 Å². The number of unbranched alkanes of at least 4 members (excludes halogenated alkanes) is 29. The van der Waals surface area contributed by atoms with Gasteiger partial charge in [-0.25, -0.2) is 4.57 Å². The molecule has 2 unspecified atom stereocenters. The highest BCUT2D eigenvalue weighted by Crippen LogP contribution is 2.43. The van der Waals surface area contributed by atoms with E-state index in [0.29, 0.717) is 12.8 Å². The molecule has 0 heterocycles. The molecule has 9 heteroatoms. The fourth-order valence-electron chi connectivity index (χ4n) is 6.68. The van der Waals surface area contributed by atoms with Gasteiger partial charge in [0.15, 0.2) is 6.10 Å². The number of carbonyl (C=O) groups is 2. The Bertz CT molecular complexity index is 895. The van der Waals surface area contributed by atoms with E-state index in [9.17, 15) is 19.0 Å². The first-order valence-electron chi connectivity index (χ1n) is 23.0. The second-order valence-corrected chi connectivity index (χ2v) is 16.9. The van der Waals surface area contributed by atoms with Crippen molar-refractivity contribution in [2.75, 3.05) is 19.8 Å². The van der Waals surface area contributed by atoms with Crippen LogP contribution in [-0.2, 0) is 32.7 Å². The van der Waals surface area contributed by atoms with Crippen LogP contribution in [0, 0.1) is 0 Å². The summed E-state index contributed by atoms with van der Waals surface area (Å²) in [4.78, 5) is 34.8. The summed E-state index contributed by atoms with van der Waals surface area (Å²) in [6, 6.07) is 0. The molecule has 0 aliphatic carbocycles. The SMILES string of the molecule is CCCCCCCC/C=C\CCCCCCCC(=O)OC(COC(=O)CCCCCCCCCCCCCCCCCCCCC)COP(=O)(O)OCC. The molecule has 1 N–H and O–H groups in total. The molecule has 0 fully saturated rings. The first-order chi connectivity index (χ1) is 26.3. The predicted octanol–water partition coefficient (Wildman–Crippen LogP) is 14.5. The number of esters is 2. The molecule has 0 aliphatic rings. The van der Waals surface area contributed by atoms with Crippen molar-refractivity contribution in [2.24, 2.45) is 0 Å². The molecule has 0 radical (unpaired) electrons. The summed E-state index contributed by atoms with van der Waals surface area (Å²) in [5.41, 5.74) is 0. The van der Waals surface area contributed by atoms with Crippen LogP contribution in [0.1, 0.15) is 239 Å². The Hall–Kier alpha value is -1.21. The fraction of sp³-hybridized carbons (Fsp3) is 0.911. The van der Waals surface area contributed by atoms with Crippen LogP contribution < -0.4 is 0 Å². The maximum Gasteiger partial charge on any atom is 0.472 e. The Kier molecular flexibility index (Phi) is 40.5. The highest BCUT2D eigenvalue weighted by molar-refractivity contribution is 7.47. The lowest BCUT2D eigenvalue weighted by atomic mass is 10.0. The summed E-state index contributed by atoms with van der Waals surface area (Å²) in [5.74, 6) is -0.794. The van der Waals surface area contributed by atoms with E-state index in [2.05, 4.69) is 26.0 Å². The summed E-state index contributed by atoms with van der Waals surface area (Å²) >= 11 is 0. The predicted molar refractivity (Wildman–Crippen MR) is 226 cm³/mol. The average Bonchev–Trinajstić information content (AvgIpc) is 3.15. The molecule has 0 aromatic heterocycles. The van der Waals surface area contributed by atoms with Crippen LogP contribution in [0.25, 0.3) is 0 Å². The topological polar surface area (TPSA) is 108 Å². The molecule has 2 atom stereocenters. The maximum absolute atomic E-state index is 12.6. The second-order valence-electron chi connectivity index (χ2n) is 15.4. The fourth-order valence-corrected chi connectivity index (χ4v) is 7.44. The molecule has 0 amide bonds. The molecule has 54 heavy (non-hydrogen) atoms. The Morgan fingerprint density at radius 2 is 0.833 bits per heavy atom. The van der Waals surface area contributed by atoms with Crippen molar-refractivity contribution in [3.8, 4) is 0 Å². The van der Waals surface area contributed by atoms with E-state index >= 15 is 0 Å². The van der Waals surface area contributed by atoms with Crippen molar-refractivity contribution in [3.63, 3.8) is 0 Å². The van der Waals surface area contributed by atoms with Gasteiger partial charge in [0, 0.05) is 12.8 Å². The number of hydrogen-bond acceptors (Lipinski definition) is 7. The lowest BCUT2D eigenvalue weighted by molar-refractivity contribution is -0.161. The molecular weight excluding hydrogens is 699 g/mol. The highest BCUT2D eigenvalue weighted by Gasteiger charge is 2.25. The molecule has 0 saturated carbocycles. The zero-order chi connectivity index (χ0) is 39.6. The molecule has 8 nitrogen and oxygen atoms in total.